The summed E-state index contributed by atoms with van der Waals surface area (Å²) in [4.78, 5) is 44.0. The van der Waals surface area contributed by atoms with Crippen molar-refractivity contribution in [1.82, 2.24) is 24.3 Å². The molecule has 12 nitrogen and oxygen atoms in total. The molecule has 2 aromatic rings. The number of nitrogens with zero attached hydrogens (tertiary/aromatic N) is 4. The topological polar surface area (TPSA) is 157 Å². The van der Waals surface area contributed by atoms with E-state index in [9.17, 15) is 36.7 Å². The molecule has 274 valence electrons. The first kappa shape index (κ1) is 38.6. The van der Waals surface area contributed by atoms with Crippen molar-refractivity contribution in [2.45, 2.75) is 81.0 Å². The number of hydrogen-bond acceptors (Lipinski definition) is 8. The molecule has 0 aliphatic carbocycles. The number of aliphatic hydroxyl groups excluding tert-OH is 1. The van der Waals surface area contributed by atoms with Crippen LogP contribution >= 0.6 is 34.8 Å². The first-order valence-corrected chi connectivity index (χ1v) is 18.7. The van der Waals surface area contributed by atoms with Gasteiger partial charge in [-0.1, -0.05) is 60.8 Å². The van der Waals surface area contributed by atoms with E-state index in [1.54, 1.807) is 38.1 Å². The molecule has 2 aromatic carbocycles. The van der Waals surface area contributed by atoms with Crippen LogP contribution in [0.3, 0.4) is 0 Å². The van der Waals surface area contributed by atoms with Crippen LogP contribution in [0.2, 0.25) is 15.1 Å². The normalized spacial score (nSPS) is 25.7. The van der Waals surface area contributed by atoms with Gasteiger partial charge in [-0.25, -0.2) is 22.1 Å². The van der Waals surface area contributed by atoms with Gasteiger partial charge >= 0.3 is 0 Å². The number of nitrogens with two attached hydrogens (primary N) is 1. The fourth-order valence-electron chi connectivity index (χ4n) is 6.76. The zero-order valence-corrected chi connectivity index (χ0v) is 30.3. The highest BCUT2D eigenvalue weighted by Crippen LogP contribution is 2.36. The molecule has 3 aliphatic heterocycles. The van der Waals surface area contributed by atoms with Crippen LogP contribution in [0.15, 0.2) is 47.4 Å². The number of carbonyl (C=O) groups is 3. The fourth-order valence-corrected chi connectivity index (χ4v) is 9.24. The van der Waals surface area contributed by atoms with Gasteiger partial charge in [-0.05, 0) is 61.1 Å². The summed E-state index contributed by atoms with van der Waals surface area (Å²) in [7, 11) is -4.59. The zero-order chi connectivity index (χ0) is 36.7. The van der Waals surface area contributed by atoms with Gasteiger partial charge in [0.05, 0.1) is 42.4 Å². The molecule has 5 rings (SSSR count). The van der Waals surface area contributed by atoms with E-state index in [2.05, 4.69) is 5.32 Å². The molecular formula is C32H39Cl3F2N6O6S. The van der Waals surface area contributed by atoms with E-state index in [1.165, 1.54) is 28.0 Å². The number of fused-ring (bicyclic) bond motifs is 1. The second-order valence-electron chi connectivity index (χ2n) is 13.0. The molecule has 18 heteroatoms. The van der Waals surface area contributed by atoms with Crippen LogP contribution in [0.25, 0.3) is 0 Å². The number of hydrogen-bond donors (Lipinski definition) is 3. The first-order chi connectivity index (χ1) is 23.5. The van der Waals surface area contributed by atoms with Crippen LogP contribution in [0.5, 0.6) is 0 Å². The number of likely N-dealkylation sites (tertiary alicyclic amines) is 1. The van der Waals surface area contributed by atoms with E-state index in [0.29, 0.717) is 23.4 Å². The fraction of sp³-hybridized carbons (Fsp3) is 0.531. The number of halogens is 5. The van der Waals surface area contributed by atoms with E-state index in [1.807, 2.05) is 0 Å². The average molecular weight is 780 g/mol. The number of rotatable bonds is 10. The third kappa shape index (κ3) is 7.89. The molecule has 0 bridgehead atoms. The van der Waals surface area contributed by atoms with Crippen molar-refractivity contribution in [2.24, 2.45) is 11.7 Å². The van der Waals surface area contributed by atoms with E-state index >= 15 is 0 Å². The molecule has 6 atom stereocenters. The lowest BCUT2D eigenvalue weighted by Crippen LogP contribution is -2.77. The van der Waals surface area contributed by atoms with Crippen LogP contribution in [0.4, 0.5) is 8.78 Å². The Kier molecular flexibility index (Phi) is 12.0. The Labute approximate surface area is 304 Å². The van der Waals surface area contributed by atoms with Crippen LogP contribution in [0, 0.1) is 5.92 Å². The summed E-state index contributed by atoms with van der Waals surface area (Å²) in [5, 5.41) is 15.0. The van der Waals surface area contributed by atoms with Gasteiger partial charge in [0.15, 0.2) is 0 Å². The molecule has 4 N–H and O–H groups in total. The van der Waals surface area contributed by atoms with Crippen LogP contribution in [-0.4, -0.2) is 119 Å². The molecule has 3 amide bonds. The molecule has 3 aliphatic rings. The minimum absolute atomic E-state index is 0.114. The maximum atomic E-state index is 14.4. The Morgan fingerprint density at radius 2 is 1.72 bits per heavy atom. The standard InChI is InChI=1S/C32H39Cl3F2N6O6S/c1-17(2)28(38)32(47)41-11-3-4-23(41)29(44)39-22-14-42(50(48,49)25-10-9-20(34)13-21(25)35)27-16-40(15-26(36)37)31(46)24(43(27)30(22)45)12-18-5-7-19(33)8-6-18/h5-10,13,17,22-24,26-28,30,45H,3-4,11-12,14-16,38H2,1-2H3,(H,39,44). The number of nitrogens with one attached hydrogen (secondary N) is 1. The number of carbonyl (C=O) groups excluding carboxylic acids is 3. The molecule has 6 unspecified atom stereocenters. The molecule has 3 fully saturated rings. The van der Waals surface area contributed by atoms with E-state index in [0.717, 1.165) is 9.21 Å². The van der Waals surface area contributed by atoms with Crippen LogP contribution in [0.1, 0.15) is 32.3 Å². The van der Waals surface area contributed by atoms with Crippen molar-refractivity contribution >= 4 is 62.5 Å². The summed E-state index contributed by atoms with van der Waals surface area (Å²) in [6.07, 6.45) is -5.23. The summed E-state index contributed by atoms with van der Waals surface area (Å²) in [5.41, 5.74) is 6.67. The van der Waals surface area contributed by atoms with Gasteiger partial charge in [-0.2, -0.15) is 4.31 Å². The number of alkyl halides is 2. The predicted octanol–water partition coefficient (Wildman–Crippen LogP) is 2.78. The number of piperazine rings is 1. The molecule has 3 heterocycles. The monoisotopic (exact) mass is 778 g/mol. The Balaban J connectivity index is 1.56. The third-order valence-corrected chi connectivity index (χ3v) is 12.2. The largest absolute Gasteiger partial charge is 0.376 e. The smallest absolute Gasteiger partial charge is 0.255 e. The lowest BCUT2D eigenvalue weighted by molar-refractivity contribution is -0.184. The molecule has 0 aromatic heterocycles. The summed E-state index contributed by atoms with van der Waals surface area (Å²) in [6, 6.07) is 5.69. The van der Waals surface area contributed by atoms with E-state index < -0.39 is 90.4 Å². The highest BCUT2D eigenvalue weighted by molar-refractivity contribution is 7.89. The van der Waals surface area contributed by atoms with Gasteiger partial charge in [0.1, 0.15) is 17.2 Å². The van der Waals surface area contributed by atoms with Crippen molar-refractivity contribution in [3.63, 3.8) is 0 Å². The Hall–Kier alpha value is -2.63. The molecule has 0 saturated carbocycles. The predicted molar refractivity (Wildman–Crippen MR) is 183 cm³/mol. The lowest BCUT2D eigenvalue weighted by atomic mass is 9.96. The zero-order valence-electron chi connectivity index (χ0n) is 27.3. The van der Waals surface area contributed by atoms with Crippen LogP contribution < -0.4 is 11.1 Å². The summed E-state index contributed by atoms with van der Waals surface area (Å²) in [6.45, 7) is 1.84. The van der Waals surface area contributed by atoms with Crippen LogP contribution in [-0.2, 0) is 30.8 Å². The number of sulfonamides is 1. The Morgan fingerprint density at radius 1 is 1.06 bits per heavy atom. The highest BCUT2D eigenvalue weighted by Gasteiger charge is 2.55. The molecule has 0 radical (unpaired) electrons. The van der Waals surface area contributed by atoms with Gasteiger partial charge < -0.3 is 26.0 Å². The van der Waals surface area contributed by atoms with Crippen molar-refractivity contribution < 1.29 is 36.7 Å². The Bertz CT molecular complexity index is 1710. The molecule has 50 heavy (non-hydrogen) atoms. The molecule has 3 saturated heterocycles. The minimum Gasteiger partial charge on any atom is -0.376 e. The average Bonchev–Trinajstić information content (AvgIpc) is 3.54. The van der Waals surface area contributed by atoms with Crippen molar-refractivity contribution in [1.29, 1.82) is 0 Å². The van der Waals surface area contributed by atoms with Gasteiger partial charge in [0.2, 0.25) is 27.7 Å². The van der Waals surface area contributed by atoms with Gasteiger partial charge in [-0.3, -0.25) is 14.4 Å². The number of aliphatic hydroxyl groups is 1. The van der Waals surface area contributed by atoms with Gasteiger partial charge in [-0.15, -0.1) is 0 Å². The summed E-state index contributed by atoms with van der Waals surface area (Å²) >= 11 is 18.5. The molecular weight excluding hydrogens is 741 g/mol. The maximum absolute atomic E-state index is 14.4. The third-order valence-electron chi connectivity index (χ3n) is 9.41. The Morgan fingerprint density at radius 3 is 2.34 bits per heavy atom. The quantitative estimate of drug-likeness (QED) is 0.333. The minimum atomic E-state index is -4.59. The second kappa shape index (κ2) is 15.5. The van der Waals surface area contributed by atoms with Gasteiger partial charge in [0, 0.05) is 23.1 Å². The molecule has 0 spiro atoms. The summed E-state index contributed by atoms with van der Waals surface area (Å²) < 4.78 is 57.4. The second-order valence-corrected chi connectivity index (χ2v) is 16.2. The van der Waals surface area contributed by atoms with E-state index in [-0.39, 0.29) is 33.8 Å². The maximum Gasteiger partial charge on any atom is 0.255 e. The highest BCUT2D eigenvalue weighted by atomic mass is 35.5. The van der Waals surface area contributed by atoms with Crippen molar-refractivity contribution in [2.75, 3.05) is 26.2 Å². The number of benzene rings is 2. The first-order valence-electron chi connectivity index (χ1n) is 16.1. The lowest BCUT2D eigenvalue weighted by Gasteiger charge is -2.55. The van der Waals surface area contributed by atoms with Gasteiger partial charge in [0.25, 0.3) is 6.43 Å². The SMILES string of the molecule is CC(C)C(N)C(=O)N1CCCC1C(=O)NC1CN(S(=O)(=O)c2ccc(Cl)cc2Cl)C2CN(CC(F)F)C(=O)C(Cc3ccc(Cl)cc3)N2C1O. The van der Waals surface area contributed by atoms with E-state index in [4.69, 9.17) is 40.5 Å². The summed E-state index contributed by atoms with van der Waals surface area (Å²) in [5.74, 6) is -2.01. The van der Waals surface area contributed by atoms with Crippen molar-refractivity contribution in [3.8, 4) is 0 Å². The number of amides is 3. The van der Waals surface area contributed by atoms with Crippen molar-refractivity contribution in [3.05, 3.63) is 63.1 Å².